The number of nitrogens with one attached hydrogen (secondary N) is 1. The molecule has 1 N–H and O–H groups in total. The summed E-state index contributed by atoms with van der Waals surface area (Å²) in [5.41, 5.74) is 1.58. The Hall–Kier alpha value is -2.77. The normalized spacial score (nSPS) is 18.8. The maximum atomic E-state index is 12.6. The van der Waals surface area contributed by atoms with E-state index < -0.39 is 23.3 Å². The maximum absolute atomic E-state index is 12.6. The van der Waals surface area contributed by atoms with E-state index in [1.165, 1.54) is 12.4 Å². The molecule has 0 radical (unpaired) electrons. The van der Waals surface area contributed by atoms with Crippen LogP contribution >= 0.6 is 23.2 Å². The lowest BCUT2D eigenvalue weighted by molar-refractivity contribution is -0.144. The third kappa shape index (κ3) is 5.31. The minimum atomic E-state index is -0.758. The van der Waals surface area contributed by atoms with Gasteiger partial charge in [-0.1, -0.05) is 42.3 Å². The highest BCUT2D eigenvalue weighted by atomic mass is 35.5. The van der Waals surface area contributed by atoms with Crippen LogP contribution in [0.1, 0.15) is 50.0 Å². The molecule has 0 saturated heterocycles. The predicted octanol–water partition coefficient (Wildman–Crippen LogP) is 5.19. The molecule has 9 heteroatoms. The van der Waals surface area contributed by atoms with Crippen LogP contribution in [0.5, 0.6) is 0 Å². The van der Waals surface area contributed by atoms with Gasteiger partial charge in [0.15, 0.2) is 11.8 Å². The molecule has 1 aromatic carbocycles. The van der Waals surface area contributed by atoms with Crippen LogP contribution in [0.2, 0.25) is 10.0 Å². The number of Topliss-reactive ketones (excluding diaryl/α,β-unsaturated/α-hetero) is 1. The van der Waals surface area contributed by atoms with Gasteiger partial charge in [0, 0.05) is 30.2 Å². The molecule has 1 heterocycles. The molecule has 34 heavy (non-hydrogen) atoms. The molecule has 0 bridgehead atoms. The number of hydrogen-bond donors (Lipinski definition) is 1. The Morgan fingerprint density at radius 2 is 1.76 bits per heavy atom. The van der Waals surface area contributed by atoms with Gasteiger partial charge in [-0.2, -0.15) is 0 Å². The average Bonchev–Trinajstić information content (AvgIpc) is 2.79. The van der Waals surface area contributed by atoms with Crippen molar-refractivity contribution in [3.05, 3.63) is 57.8 Å². The topological polar surface area (TPSA) is 97.7 Å². The number of carbonyl (C=O) groups is 3. The van der Waals surface area contributed by atoms with E-state index >= 15 is 0 Å². The zero-order chi connectivity index (χ0) is 25.0. The largest absolute Gasteiger partial charge is 0.464 e. The van der Waals surface area contributed by atoms with E-state index in [0.717, 1.165) is 11.3 Å². The molecule has 2 aromatic rings. The van der Waals surface area contributed by atoms with Crippen LogP contribution in [-0.2, 0) is 20.7 Å². The summed E-state index contributed by atoms with van der Waals surface area (Å²) in [6, 6.07) is 6.28. The molecular formula is C25H27Cl2N3O4. The van der Waals surface area contributed by atoms with Gasteiger partial charge in [-0.3, -0.25) is 19.6 Å². The number of halogens is 2. The predicted molar refractivity (Wildman–Crippen MR) is 133 cm³/mol. The summed E-state index contributed by atoms with van der Waals surface area (Å²) in [5, 5.41) is 3.06. The van der Waals surface area contributed by atoms with Crippen molar-refractivity contribution in [1.29, 1.82) is 0 Å². The van der Waals surface area contributed by atoms with Gasteiger partial charge >= 0.3 is 5.97 Å². The smallest absolute Gasteiger partial charge is 0.331 e. The van der Waals surface area contributed by atoms with Crippen LogP contribution in [-0.4, -0.2) is 41.0 Å². The van der Waals surface area contributed by atoms with Crippen molar-refractivity contribution >= 4 is 52.3 Å². The number of amides is 1. The SMILES string of the molecule is CCOC(=O)[C@H](Cc1ccc(NC(=O)c2c(Cl)cncc2Cl)cc1)N=C1C(CC)C(=O)C1(C)C. The number of hydrogen-bond acceptors (Lipinski definition) is 6. The summed E-state index contributed by atoms with van der Waals surface area (Å²) >= 11 is 12.1. The molecule has 1 fully saturated rings. The number of ether oxygens (including phenoxy) is 1. The number of anilines is 1. The molecule has 3 rings (SSSR count). The Kier molecular flexibility index (Phi) is 8.10. The van der Waals surface area contributed by atoms with E-state index in [9.17, 15) is 14.4 Å². The lowest BCUT2D eigenvalue weighted by Crippen LogP contribution is -2.55. The van der Waals surface area contributed by atoms with Crippen LogP contribution in [0.3, 0.4) is 0 Å². The summed E-state index contributed by atoms with van der Waals surface area (Å²) < 4.78 is 5.24. The van der Waals surface area contributed by atoms with Gasteiger partial charge in [-0.15, -0.1) is 0 Å². The van der Waals surface area contributed by atoms with E-state index in [2.05, 4.69) is 10.3 Å². The minimum Gasteiger partial charge on any atom is -0.464 e. The van der Waals surface area contributed by atoms with Gasteiger partial charge < -0.3 is 10.1 Å². The lowest BCUT2D eigenvalue weighted by Gasteiger charge is -2.42. The summed E-state index contributed by atoms with van der Waals surface area (Å²) in [6.45, 7) is 7.59. The van der Waals surface area contributed by atoms with Crippen molar-refractivity contribution < 1.29 is 19.1 Å². The second kappa shape index (κ2) is 10.7. The highest BCUT2D eigenvalue weighted by Gasteiger charge is 2.52. The van der Waals surface area contributed by atoms with E-state index in [4.69, 9.17) is 32.9 Å². The first-order valence-corrected chi connectivity index (χ1v) is 11.8. The zero-order valence-electron chi connectivity index (χ0n) is 19.5. The van der Waals surface area contributed by atoms with Crippen molar-refractivity contribution in [2.24, 2.45) is 16.3 Å². The maximum Gasteiger partial charge on any atom is 0.331 e. The number of rotatable bonds is 8. The van der Waals surface area contributed by atoms with Gasteiger partial charge in [-0.05, 0) is 44.9 Å². The fourth-order valence-electron chi connectivity index (χ4n) is 4.03. The number of esters is 1. The molecule has 1 amide bonds. The molecule has 1 aliphatic rings. The molecule has 1 aliphatic carbocycles. The van der Waals surface area contributed by atoms with Crippen LogP contribution in [0.25, 0.3) is 0 Å². The zero-order valence-corrected chi connectivity index (χ0v) is 21.0. The molecule has 180 valence electrons. The number of aromatic nitrogens is 1. The van der Waals surface area contributed by atoms with Crippen molar-refractivity contribution in [1.82, 2.24) is 4.98 Å². The fraction of sp³-hybridized carbons (Fsp3) is 0.400. The van der Waals surface area contributed by atoms with Gasteiger partial charge in [0.05, 0.1) is 33.5 Å². The summed E-state index contributed by atoms with van der Waals surface area (Å²) in [5.74, 6) is -0.995. The second-order valence-electron chi connectivity index (χ2n) is 8.57. The molecule has 1 unspecified atom stereocenters. The highest BCUT2D eigenvalue weighted by molar-refractivity contribution is 6.40. The first-order valence-electron chi connectivity index (χ1n) is 11.1. The molecule has 7 nitrogen and oxygen atoms in total. The third-order valence-corrected chi connectivity index (χ3v) is 6.46. The number of ketones is 1. The van der Waals surface area contributed by atoms with E-state index in [1.54, 1.807) is 31.2 Å². The molecule has 0 spiro atoms. The van der Waals surface area contributed by atoms with Crippen LogP contribution in [0, 0.1) is 11.3 Å². The Morgan fingerprint density at radius 3 is 2.32 bits per heavy atom. The number of benzene rings is 1. The van der Waals surface area contributed by atoms with Crippen molar-refractivity contribution in [2.45, 2.75) is 46.6 Å². The van der Waals surface area contributed by atoms with E-state index in [1.807, 2.05) is 20.8 Å². The quantitative estimate of drug-likeness (QED) is 0.499. The number of aliphatic imine (C=N–C) groups is 1. The Bertz CT molecular complexity index is 1110. The summed E-state index contributed by atoms with van der Waals surface area (Å²) in [7, 11) is 0. The number of carbonyl (C=O) groups excluding carboxylic acids is 3. The highest BCUT2D eigenvalue weighted by Crippen LogP contribution is 2.40. The van der Waals surface area contributed by atoms with Gasteiger partial charge in [0.1, 0.15) is 0 Å². The van der Waals surface area contributed by atoms with Gasteiger partial charge in [0.25, 0.3) is 5.91 Å². The van der Waals surface area contributed by atoms with Crippen LogP contribution < -0.4 is 5.32 Å². The third-order valence-electron chi connectivity index (χ3n) is 5.89. The molecule has 1 aromatic heterocycles. The average molecular weight is 504 g/mol. The van der Waals surface area contributed by atoms with Gasteiger partial charge in [0.2, 0.25) is 0 Å². The van der Waals surface area contributed by atoms with E-state index in [0.29, 0.717) is 18.5 Å². The molecule has 1 saturated carbocycles. The number of nitrogens with zero attached hydrogens (tertiary/aromatic N) is 2. The standard InChI is InChI=1S/C25H27Cl2N3O4/c1-5-16-21(25(3,4)22(16)31)30-19(24(33)34-6-2)11-14-7-9-15(10-8-14)29-23(32)20-17(26)12-28-13-18(20)27/h7-10,12-13,16,19H,5-6,11H2,1-4H3,(H,29,32)/t16?,19-/m0/s1. The first kappa shape index (κ1) is 25.8. The van der Waals surface area contributed by atoms with Crippen LogP contribution in [0.4, 0.5) is 5.69 Å². The van der Waals surface area contributed by atoms with Crippen molar-refractivity contribution in [3.63, 3.8) is 0 Å². The van der Waals surface area contributed by atoms with Crippen LogP contribution in [0.15, 0.2) is 41.7 Å². The van der Waals surface area contributed by atoms with Crippen molar-refractivity contribution in [3.8, 4) is 0 Å². The second-order valence-corrected chi connectivity index (χ2v) is 9.38. The Morgan fingerprint density at radius 1 is 1.15 bits per heavy atom. The monoisotopic (exact) mass is 503 g/mol. The van der Waals surface area contributed by atoms with Gasteiger partial charge in [-0.25, -0.2) is 4.79 Å². The molecular weight excluding hydrogens is 477 g/mol. The molecule has 0 aliphatic heterocycles. The minimum absolute atomic E-state index is 0.142. The Labute approximate surface area is 208 Å². The lowest BCUT2D eigenvalue weighted by atomic mass is 9.60. The summed E-state index contributed by atoms with van der Waals surface area (Å²) in [6.07, 6.45) is 3.65. The number of pyridine rings is 1. The Balaban J connectivity index is 1.78. The fourth-order valence-corrected chi connectivity index (χ4v) is 4.57. The van der Waals surface area contributed by atoms with Crippen molar-refractivity contribution in [2.75, 3.05) is 11.9 Å². The molecule has 2 atom stereocenters. The first-order chi connectivity index (χ1) is 16.1. The van der Waals surface area contributed by atoms with E-state index in [-0.39, 0.29) is 33.9 Å². The summed E-state index contributed by atoms with van der Waals surface area (Å²) in [4.78, 5) is 46.1.